The van der Waals surface area contributed by atoms with E-state index in [-0.39, 0.29) is 5.69 Å². The molecule has 0 saturated carbocycles. The van der Waals surface area contributed by atoms with Gasteiger partial charge in [0.2, 0.25) is 0 Å². The number of hydrogen-bond donors (Lipinski definition) is 2. The van der Waals surface area contributed by atoms with Crippen molar-refractivity contribution in [1.29, 1.82) is 0 Å². The minimum absolute atomic E-state index is 0.215. The molecule has 2 heterocycles. The molecule has 2 rings (SSSR count). The zero-order valence-corrected chi connectivity index (χ0v) is 8.50. The second kappa shape index (κ2) is 4.11. The predicted octanol–water partition coefficient (Wildman–Crippen LogP) is -0.175. The number of primary amides is 1. The maximum atomic E-state index is 10.9. The van der Waals surface area contributed by atoms with E-state index in [1.54, 1.807) is 30.7 Å². The molecule has 0 radical (unpaired) electrons. The third kappa shape index (κ3) is 1.78. The lowest BCUT2D eigenvalue weighted by Gasteiger charge is -2.05. The van der Waals surface area contributed by atoms with Crippen LogP contribution in [0.25, 0.3) is 5.69 Å². The van der Waals surface area contributed by atoms with Crippen molar-refractivity contribution >= 4 is 5.91 Å². The van der Waals surface area contributed by atoms with E-state index in [4.69, 9.17) is 11.5 Å². The van der Waals surface area contributed by atoms with Gasteiger partial charge in [0.1, 0.15) is 5.69 Å². The minimum atomic E-state index is -0.558. The van der Waals surface area contributed by atoms with Gasteiger partial charge in [-0.15, -0.1) is 0 Å². The number of nitrogens with zero attached hydrogens (tertiary/aromatic N) is 3. The molecule has 0 aliphatic rings. The second-order valence-electron chi connectivity index (χ2n) is 3.22. The van der Waals surface area contributed by atoms with Crippen LogP contribution < -0.4 is 11.5 Å². The average Bonchev–Trinajstić information content (AvgIpc) is 2.78. The molecular weight excluding hydrogens is 206 g/mol. The SMILES string of the molecule is NCc1ccncc1-n1ccc(C(N)=O)n1. The highest BCUT2D eigenvalue weighted by molar-refractivity contribution is 5.90. The summed E-state index contributed by atoms with van der Waals surface area (Å²) in [6, 6.07) is 3.36. The quantitative estimate of drug-likeness (QED) is 0.745. The van der Waals surface area contributed by atoms with E-state index in [1.807, 2.05) is 0 Å². The van der Waals surface area contributed by atoms with Crippen molar-refractivity contribution in [3.05, 3.63) is 42.0 Å². The Balaban J connectivity index is 2.46. The summed E-state index contributed by atoms with van der Waals surface area (Å²) in [5.41, 5.74) is 12.6. The maximum absolute atomic E-state index is 10.9. The zero-order chi connectivity index (χ0) is 11.5. The molecule has 0 aliphatic heterocycles. The molecule has 0 fully saturated rings. The Bertz CT molecular complexity index is 519. The van der Waals surface area contributed by atoms with Crippen LogP contribution in [0.4, 0.5) is 0 Å². The van der Waals surface area contributed by atoms with E-state index < -0.39 is 5.91 Å². The fourth-order valence-electron chi connectivity index (χ4n) is 1.38. The topological polar surface area (TPSA) is 99.8 Å². The molecular formula is C10H11N5O. The molecule has 0 bridgehead atoms. The Morgan fingerprint density at radius 2 is 2.25 bits per heavy atom. The lowest BCUT2D eigenvalue weighted by atomic mass is 10.2. The second-order valence-corrected chi connectivity index (χ2v) is 3.22. The van der Waals surface area contributed by atoms with E-state index in [0.29, 0.717) is 6.54 Å². The van der Waals surface area contributed by atoms with Crippen LogP contribution in [0.1, 0.15) is 16.1 Å². The molecule has 0 spiro atoms. The van der Waals surface area contributed by atoms with Gasteiger partial charge in [-0.2, -0.15) is 5.10 Å². The van der Waals surface area contributed by atoms with Gasteiger partial charge in [0, 0.05) is 18.9 Å². The molecule has 1 amide bonds. The van der Waals surface area contributed by atoms with Gasteiger partial charge in [0.05, 0.1) is 11.9 Å². The summed E-state index contributed by atoms with van der Waals surface area (Å²) in [6.07, 6.45) is 4.94. The predicted molar refractivity (Wildman–Crippen MR) is 57.8 cm³/mol. The molecule has 2 aromatic rings. The summed E-state index contributed by atoms with van der Waals surface area (Å²) in [7, 11) is 0. The molecule has 4 N–H and O–H groups in total. The minimum Gasteiger partial charge on any atom is -0.364 e. The van der Waals surface area contributed by atoms with Crippen molar-refractivity contribution in [2.45, 2.75) is 6.54 Å². The van der Waals surface area contributed by atoms with Crippen molar-refractivity contribution in [2.24, 2.45) is 11.5 Å². The van der Waals surface area contributed by atoms with Crippen LogP contribution in [0, 0.1) is 0 Å². The van der Waals surface area contributed by atoms with Crippen LogP contribution in [-0.4, -0.2) is 20.7 Å². The van der Waals surface area contributed by atoms with Crippen molar-refractivity contribution in [2.75, 3.05) is 0 Å². The van der Waals surface area contributed by atoms with Crippen LogP contribution >= 0.6 is 0 Å². The fourth-order valence-corrected chi connectivity index (χ4v) is 1.38. The number of pyridine rings is 1. The van der Waals surface area contributed by atoms with Crippen LogP contribution in [0.3, 0.4) is 0 Å². The van der Waals surface area contributed by atoms with Crippen molar-refractivity contribution in [1.82, 2.24) is 14.8 Å². The van der Waals surface area contributed by atoms with Crippen LogP contribution in [-0.2, 0) is 6.54 Å². The monoisotopic (exact) mass is 217 g/mol. The Morgan fingerprint density at radius 3 is 2.88 bits per heavy atom. The summed E-state index contributed by atoms with van der Waals surface area (Å²) in [5.74, 6) is -0.558. The number of nitrogens with two attached hydrogens (primary N) is 2. The standard InChI is InChI=1S/C10H11N5O/c11-5-7-1-3-13-6-9(7)15-4-2-8(14-15)10(12)16/h1-4,6H,5,11H2,(H2,12,16). The summed E-state index contributed by atoms with van der Waals surface area (Å²) in [5, 5.41) is 4.04. The molecule has 6 heteroatoms. The maximum Gasteiger partial charge on any atom is 0.269 e. The van der Waals surface area contributed by atoms with Gasteiger partial charge >= 0.3 is 0 Å². The Labute approximate surface area is 91.9 Å². The first-order valence-corrected chi connectivity index (χ1v) is 4.71. The molecule has 82 valence electrons. The highest BCUT2D eigenvalue weighted by Crippen LogP contribution is 2.11. The van der Waals surface area contributed by atoms with E-state index >= 15 is 0 Å². The van der Waals surface area contributed by atoms with Crippen molar-refractivity contribution in [3.8, 4) is 5.69 Å². The average molecular weight is 217 g/mol. The molecule has 6 nitrogen and oxygen atoms in total. The van der Waals surface area contributed by atoms with Gasteiger partial charge in [0.25, 0.3) is 5.91 Å². The molecule has 0 atom stereocenters. The van der Waals surface area contributed by atoms with Crippen LogP contribution in [0.5, 0.6) is 0 Å². The number of amides is 1. The van der Waals surface area contributed by atoms with E-state index in [9.17, 15) is 4.79 Å². The van der Waals surface area contributed by atoms with Gasteiger partial charge in [0.15, 0.2) is 0 Å². The fraction of sp³-hybridized carbons (Fsp3) is 0.100. The van der Waals surface area contributed by atoms with Gasteiger partial charge < -0.3 is 11.5 Å². The highest BCUT2D eigenvalue weighted by Gasteiger charge is 2.08. The smallest absolute Gasteiger partial charge is 0.269 e. The van der Waals surface area contributed by atoms with E-state index in [1.165, 1.54) is 4.68 Å². The molecule has 0 aromatic carbocycles. The van der Waals surface area contributed by atoms with E-state index in [0.717, 1.165) is 11.3 Å². The summed E-state index contributed by atoms with van der Waals surface area (Å²) >= 11 is 0. The normalized spacial score (nSPS) is 10.3. The Kier molecular flexibility index (Phi) is 2.65. The van der Waals surface area contributed by atoms with Gasteiger partial charge in [-0.25, -0.2) is 4.68 Å². The molecule has 2 aromatic heterocycles. The molecule has 0 saturated heterocycles. The van der Waals surface area contributed by atoms with Crippen molar-refractivity contribution < 1.29 is 4.79 Å². The van der Waals surface area contributed by atoms with Gasteiger partial charge in [-0.05, 0) is 17.7 Å². The van der Waals surface area contributed by atoms with Gasteiger partial charge in [-0.3, -0.25) is 9.78 Å². The number of hydrogen-bond acceptors (Lipinski definition) is 4. The number of carbonyl (C=O) groups is 1. The van der Waals surface area contributed by atoms with Crippen LogP contribution in [0.2, 0.25) is 0 Å². The zero-order valence-electron chi connectivity index (χ0n) is 8.50. The first-order chi connectivity index (χ1) is 7.72. The molecule has 0 unspecified atom stereocenters. The Morgan fingerprint density at radius 1 is 1.44 bits per heavy atom. The summed E-state index contributed by atoms with van der Waals surface area (Å²) in [4.78, 5) is 14.9. The Hall–Kier alpha value is -2.21. The third-order valence-corrected chi connectivity index (χ3v) is 2.20. The summed E-state index contributed by atoms with van der Waals surface area (Å²) < 4.78 is 1.54. The van der Waals surface area contributed by atoms with E-state index in [2.05, 4.69) is 10.1 Å². The van der Waals surface area contributed by atoms with Crippen LogP contribution in [0.15, 0.2) is 30.7 Å². The lowest BCUT2D eigenvalue weighted by Crippen LogP contribution is -2.13. The highest BCUT2D eigenvalue weighted by atomic mass is 16.1. The number of carbonyl (C=O) groups excluding carboxylic acids is 1. The summed E-state index contributed by atoms with van der Waals surface area (Å²) in [6.45, 7) is 0.379. The third-order valence-electron chi connectivity index (χ3n) is 2.20. The molecule has 0 aliphatic carbocycles. The number of aromatic nitrogens is 3. The largest absolute Gasteiger partial charge is 0.364 e. The molecule has 16 heavy (non-hydrogen) atoms. The lowest BCUT2D eigenvalue weighted by molar-refractivity contribution is 0.0995. The number of rotatable bonds is 3. The first-order valence-electron chi connectivity index (χ1n) is 4.71. The first kappa shape index (κ1) is 10.3. The van der Waals surface area contributed by atoms with Crippen molar-refractivity contribution in [3.63, 3.8) is 0 Å². The van der Waals surface area contributed by atoms with Gasteiger partial charge in [-0.1, -0.05) is 0 Å².